The summed E-state index contributed by atoms with van der Waals surface area (Å²) in [5.41, 5.74) is -0.848. The van der Waals surface area contributed by atoms with E-state index in [2.05, 4.69) is 4.72 Å². The Morgan fingerprint density at radius 1 is 0.947 bits per heavy atom. The van der Waals surface area contributed by atoms with Crippen LogP contribution in [0.3, 0.4) is 0 Å². The molecule has 0 aromatic heterocycles. The first-order chi connectivity index (χ1) is 9.02. The van der Waals surface area contributed by atoms with Crippen LogP contribution in [0.4, 0.5) is 0 Å². The number of nitrogens with one attached hydrogen (secondary N) is 1. The molecule has 5 nitrogen and oxygen atoms in total. The van der Waals surface area contributed by atoms with E-state index in [9.17, 15) is 13.5 Å². The lowest BCUT2D eigenvalue weighted by Crippen LogP contribution is -2.49. The van der Waals surface area contributed by atoms with Crippen molar-refractivity contribution in [1.29, 1.82) is 0 Å². The van der Waals surface area contributed by atoms with E-state index < -0.39 is 15.8 Å². The van der Waals surface area contributed by atoms with Crippen molar-refractivity contribution in [3.63, 3.8) is 0 Å². The van der Waals surface area contributed by atoms with Gasteiger partial charge in [0, 0.05) is 19.6 Å². The molecule has 112 valence electrons. The Morgan fingerprint density at radius 2 is 1.47 bits per heavy atom. The van der Waals surface area contributed by atoms with Crippen LogP contribution in [0, 0.1) is 0 Å². The number of piperidine rings is 1. The molecule has 1 saturated heterocycles. The molecule has 2 N–H and O–H groups in total. The van der Waals surface area contributed by atoms with E-state index >= 15 is 0 Å². The van der Waals surface area contributed by atoms with E-state index in [0.29, 0.717) is 25.9 Å². The molecular formula is C13H26N2O3S. The van der Waals surface area contributed by atoms with Crippen LogP contribution < -0.4 is 4.72 Å². The highest BCUT2D eigenvalue weighted by atomic mass is 32.2. The molecule has 1 aliphatic heterocycles. The predicted octanol–water partition coefficient (Wildman–Crippen LogP) is 1.39. The van der Waals surface area contributed by atoms with E-state index in [1.165, 1.54) is 4.31 Å². The Morgan fingerprint density at radius 3 is 2.05 bits per heavy atom. The van der Waals surface area contributed by atoms with Crippen LogP contribution in [0.25, 0.3) is 0 Å². The fraction of sp³-hybridized carbons (Fsp3) is 1.00. The van der Waals surface area contributed by atoms with E-state index in [0.717, 1.165) is 44.9 Å². The van der Waals surface area contributed by atoms with E-state index in [1.807, 2.05) is 0 Å². The highest BCUT2D eigenvalue weighted by Gasteiger charge is 2.31. The lowest BCUT2D eigenvalue weighted by molar-refractivity contribution is 0.0299. The highest BCUT2D eigenvalue weighted by Crippen LogP contribution is 2.26. The van der Waals surface area contributed by atoms with Crippen molar-refractivity contribution in [2.45, 2.75) is 63.4 Å². The van der Waals surface area contributed by atoms with Crippen molar-refractivity contribution in [2.75, 3.05) is 19.6 Å². The molecule has 1 heterocycles. The minimum absolute atomic E-state index is 0.159. The van der Waals surface area contributed by atoms with Gasteiger partial charge in [0.1, 0.15) is 0 Å². The van der Waals surface area contributed by atoms with Crippen molar-refractivity contribution < 1.29 is 13.5 Å². The maximum absolute atomic E-state index is 12.2. The third kappa shape index (κ3) is 4.41. The SMILES string of the molecule is O=S(=O)(NCC1(O)CCCCCC1)N1CCCCC1. The van der Waals surface area contributed by atoms with Gasteiger partial charge in [-0.1, -0.05) is 32.1 Å². The number of hydrogen-bond acceptors (Lipinski definition) is 3. The highest BCUT2D eigenvalue weighted by molar-refractivity contribution is 7.87. The molecule has 0 aromatic rings. The quantitative estimate of drug-likeness (QED) is 0.769. The third-order valence-electron chi connectivity index (χ3n) is 4.27. The largest absolute Gasteiger partial charge is 0.389 e. The van der Waals surface area contributed by atoms with Gasteiger partial charge in [-0.15, -0.1) is 0 Å². The average Bonchev–Trinajstić information content (AvgIpc) is 2.63. The molecule has 1 saturated carbocycles. The zero-order valence-corrected chi connectivity index (χ0v) is 12.4. The average molecular weight is 290 g/mol. The molecule has 0 amide bonds. The smallest absolute Gasteiger partial charge is 0.279 e. The van der Waals surface area contributed by atoms with Gasteiger partial charge in [0.05, 0.1) is 5.60 Å². The van der Waals surface area contributed by atoms with Crippen LogP contribution in [0.15, 0.2) is 0 Å². The van der Waals surface area contributed by atoms with Gasteiger partial charge in [0.15, 0.2) is 0 Å². The second-order valence-corrected chi connectivity index (χ2v) is 7.68. The summed E-state index contributed by atoms with van der Waals surface area (Å²) in [6, 6.07) is 0. The summed E-state index contributed by atoms with van der Waals surface area (Å²) in [7, 11) is -3.41. The Balaban J connectivity index is 1.88. The molecule has 0 spiro atoms. The molecule has 0 radical (unpaired) electrons. The topological polar surface area (TPSA) is 69.6 Å². The Kier molecular flexibility index (Phi) is 5.22. The van der Waals surface area contributed by atoms with Gasteiger partial charge in [-0.2, -0.15) is 17.4 Å². The molecule has 0 atom stereocenters. The van der Waals surface area contributed by atoms with Gasteiger partial charge in [0.25, 0.3) is 10.2 Å². The predicted molar refractivity (Wildman–Crippen MR) is 75.0 cm³/mol. The number of hydrogen-bond donors (Lipinski definition) is 2. The summed E-state index contributed by atoms with van der Waals surface area (Å²) >= 11 is 0. The summed E-state index contributed by atoms with van der Waals surface area (Å²) in [5.74, 6) is 0. The zero-order chi connectivity index (χ0) is 13.8. The second-order valence-electron chi connectivity index (χ2n) is 5.92. The van der Waals surface area contributed by atoms with Gasteiger partial charge in [-0.25, -0.2) is 0 Å². The van der Waals surface area contributed by atoms with Crippen LogP contribution in [-0.2, 0) is 10.2 Å². The summed E-state index contributed by atoms with van der Waals surface area (Å²) < 4.78 is 28.4. The van der Waals surface area contributed by atoms with E-state index in [1.54, 1.807) is 0 Å². The van der Waals surface area contributed by atoms with Gasteiger partial charge >= 0.3 is 0 Å². The zero-order valence-electron chi connectivity index (χ0n) is 11.6. The normalized spacial score (nSPS) is 25.9. The van der Waals surface area contributed by atoms with Crippen LogP contribution in [0.1, 0.15) is 57.8 Å². The first-order valence-corrected chi connectivity index (χ1v) is 8.93. The van der Waals surface area contributed by atoms with Crippen LogP contribution in [0.2, 0.25) is 0 Å². The maximum Gasteiger partial charge on any atom is 0.279 e. The summed E-state index contributed by atoms with van der Waals surface area (Å²) in [4.78, 5) is 0. The first-order valence-electron chi connectivity index (χ1n) is 7.49. The molecule has 2 rings (SSSR count). The fourth-order valence-corrected chi connectivity index (χ4v) is 4.36. The first kappa shape index (κ1) is 15.2. The molecular weight excluding hydrogens is 264 g/mol. The van der Waals surface area contributed by atoms with Crippen molar-refractivity contribution in [2.24, 2.45) is 0 Å². The molecule has 0 unspecified atom stereocenters. The van der Waals surface area contributed by atoms with Crippen LogP contribution >= 0.6 is 0 Å². The Labute approximate surface area is 116 Å². The molecule has 1 aliphatic carbocycles. The standard InChI is InChI=1S/C13H26N2O3S/c16-13(8-4-1-2-5-9-13)12-14-19(17,18)15-10-6-3-7-11-15/h14,16H,1-12H2. The number of aliphatic hydroxyl groups is 1. The van der Waals surface area contributed by atoms with Crippen LogP contribution in [0.5, 0.6) is 0 Å². The summed E-state index contributed by atoms with van der Waals surface area (Å²) in [5, 5.41) is 10.5. The van der Waals surface area contributed by atoms with Gasteiger partial charge < -0.3 is 5.11 Å². The molecule has 2 fully saturated rings. The van der Waals surface area contributed by atoms with Gasteiger partial charge in [-0.05, 0) is 25.7 Å². The minimum Gasteiger partial charge on any atom is -0.389 e. The van der Waals surface area contributed by atoms with Crippen molar-refractivity contribution >= 4 is 10.2 Å². The lowest BCUT2D eigenvalue weighted by atomic mass is 9.95. The van der Waals surface area contributed by atoms with Crippen molar-refractivity contribution in [1.82, 2.24) is 9.03 Å². The molecule has 6 heteroatoms. The summed E-state index contributed by atoms with van der Waals surface area (Å²) in [6.07, 6.45) is 8.64. The van der Waals surface area contributed by atoms with E-state index in [-0.39, 0.29) is 6.54 Å². The summed E-state index contributed by atoms with van der Waals surface area (Å²) in [6.45, 7) is 1.37. The van der Waals surface area contributed by atoms with Gasteiger partial charge in [-0.3, -0.25) is 0 Å². The fourth-order valence-electron chi connectivity index (χ4n) is 2.99. The second kappa shape index (κ2) is 6.52. The Hall–Kier alpha value is -0.170. The molecule has 0 bridgehead atoms. The van der Waals surface area contributed by atoms with Crippen LogP contribution in [-0.4, -0.2) is 43.1 Å². The molecule has 0 aromatic carbocycles. The third-order valence-corrected chi connectivity index (χ3v) is 5.83. The number of nitrogens with zero attached hydrogens (tertiary/aromatic N) is 1. The minimum atomic E-state index is -3.41. The Bertz CT molecular complexity index is 369. The molecule has 19 heavy (non-hydrogen) atoms. The van der Waals surface area contributed by atoms with Crippen molar-refractivity contribution in [3.8, 4) is 0 Å². The lowest BCUT2D eigenvalue weighted by Gasteiger charge is -2.30. The van der Waals surface area contributed by atoms with E-state index in [4.69, 9.17) is 0 Å². The van der Waals surface area contributed by atoms with Crippen molar-refractivity contribution in [3.05, 3.63) is 0 Å². The maximum atomic E-state index is 12.2. The molecule has 2 aliphatic rings. The number of rotatable bonds is 4. The monoisotopic (exact) mass is 290 g/mol. The van der Waals surface area contributed by atoms with Gasteiger partial charge in [0.2, 0.25) is 0 Å².